The predicted molar refractivity (Wildman–Crippen MR) is 95.8 cm³/mol. The van der Waals surface area contributed by atoms with Gasteiger partial charge in [-0.05, 0) is 55.7 Å². The maximum atomic E-state index is 12.8. The van der Waals surface area contributed by atoms with Crippen molar-refractivity contribution >= 4 is 11.6 Å². The number of carbonyl (C=O) groups excluding carboxylic acids is 1. The van der Waals surface area contributed by atoms with Crippen LogP contribution in [0, 0.1) is 12.8 Å². The molecule has 0 unspecified atom stereocenters. The summed E-state index contributed by atoms with van der Waals surface area (Å²) in [4.78, 5) is 14.7. The monoisotopic (exact) mass is 331 g/mol. The summed E-state index contributed by atoms with van der Waals surface area (Å²) in [5.41, 5.74) is 3.42. The summed E-state index contributed by atoms with van der Waals surface area (Å²) in [6.45, 7) is 5.25. The zero-order valence-corrected chi connectivity index (χ0v) is 15.1. The van der Waals surface area contributed by atoms with Crippen LogP contribution >= 0.6 is 0 Å². The van der Waals surface area contributed by atoms with E-state index in [9.17, 15) is 4.79 Å². The van der Waals surface area contributed by atoms with Gasteiger partial charge < -0.3 is 14.4 Å². The van der Waals surface area contributed by atoms with Crippen LogP contribution in [0.2, 0.25) is 0 Å². The van der Waals surface area contributed by atoms with Crippen molar-refractivity contribution in [2.75, 3.05) is 25.2 Å². The van der Waals surface area contributed by atoms with Gasteiger partial charge in [-0.1, -0.05) is 25.8 Å². The van der Waals surface area contributed by atoms with Crippen molar-refractivity contribution in [3.63, 3.8) is 0 Å². The van der Waals surface area contributed by atoms with Gasteiger partial charge in [0.1, 0.15) is 12.4 Å². The van der Waals surface area contributed by atoms with Gasteiger partial charge in [0.15, 0.2) is 0 Å². The zero-order valence-electron chi connectivity index (χ0n) is 15.1. The second-order valence-corrected chi connectivity index (χ2v) is 7.17. The van der Waals surface area contributed by atoms with Crippen LogP contribution in [0.5, 0.6) is 5.75 Å². The fourth-order valence-corrected chi connectivity index (χ4v) is 4.05. The minimum atomic E-state index is 0.0534. The molecule has 132 valence electrons. The summed E-state index contributed by atoms with van der Waals surface area (Å²) in [6.07, 6.45) is 7.00. The number of ether oxygens (including phenoxy) is 2. The van der Waals surface area contributed by atoms with Gasteiger partial charge in [0.25, 0.3) is 5.91 Å². The number of aryl methyl sites for hydroxylation is 1. The third-order valence-corrected chi connectivity index (χ3v) is 5.53. The molecule has 0 spiro atoms. The van der Waals surface area contributed by atoms with Crippen LogP contribution in [0.1, 0.15) is 50.2 Å². The molecule has 4 nitrogen and oxygen atoms in total. The molecule has 24 heavy (non-hydrogen) atoms. The smallest absolute Gasteiger partial charge is 0.253 e. The highest BCUT2D eigenvalue weighted by molar-refractivity contribution is 5.97. The number of hydrogen-bond donors (Lipinski definition) is 0. The molecule has 2 atom stereocenters. The molecule has 1 aliphatic heterocycles. The Kier molecular flexibility index (Phi) is 5.44. The normalized spacial score (nSPS) is 23.7. The molecule has 2 aliphatic rings. The standard InChI is InChI=1S/C20H29NO3/c1-14-10-11-18(23-3)20-16(14)8-6-12-21(20)19(22)13-24-17-9-5-4-7-15(17)2/h10-11,15,17H,4-9,12-13H2,1-3H3/t15-,17-/m1/s1. The van der Waals surface area contributed by atoms with Crippen molar-refractivity contribution in [1.82, 2.24) is 0 Å². The highest BCUT2D eigenvalue weighted by atomic mass is 16.5. The van der Waals surface area contributed by atoms with Crippen LogP contribution in [-0.4, -0.2) is 32.3 Å². The first-order valence-electron chi connectivity index (χ1n) is 9.20. The Hall–Kier alpha value is -1.55. The Balaban J connectivity index is 1.74. The van der Waals surface area contributed by atoms with Crippen molar-refractivity contribution < 1.29 is 14.3 Å². The first-order chi connectivity index (χ1) is 11.6. The van der Waals surface area contributed by atoms with Gasteiger partial charge in [0.2, 0.25) is 0 Å². The number of nitrogens with zero attached hydrogens (tertiary/aromatic N) is 1. The Morgan fingerprint density at radius 3 is 2.79 bits per heavy atom. The van der Waals surface area contributed by atoms with Gasteiger partial charge in [-0.15, -0.1) is 0 Å². The summed E-state index contributed by atoms with van der Waals surface area (Å²) in [7, 11) is 1.67. The number of methoxy groups -OCH3 is 1. The average Bonchev–Trinajstić information content (AvgIpc) is 2.61. The van der Waals surface area contributed by atoms with Crippen LogP contribution in [0.3, 0.4) is 0 Å². The van der Waals surface area contributed by atoms with Crippen LogP contribution in [0.15, 0.2) is 12.1 Å². The van der Waals surface area contributed by atoms with Gasteiger partial charge >= 0.3 is 0 Å². The second-order valence-electron chi connectivity index (χ2n) is 7.17. The third-order valence-electron chi connectivity index (χ3n) is 5.53. The van der Waals surface area contributed by atoms with E-state index in [0.29, 0.717) is 5.92 Å². The summed E-state index contributed by atoms with van der Waals surface area (Å²) in [6, 6.07) is 4.04. The Bertz CT molecular complexity index is 599. The van der Waals surface area contributed by atoms with Crippen LogP contribution < -0.4 is 9.64 Å². The van der Waals surface area contributed by atoms with Gasteiger partial charge in [0, 0.05) is 6.54 Å². The van der Waals surface area contributed by atoms with E-state index in [0.717, 1.165) is 37.2 Å². The molecule has 0 saturated heterocycles. The molecule has 1 aromatic carbocycles. The Labute approximate surface area is 145 Å². The molecule has 0 aromatic heterocycles. The third kappa shape index (κ3) is 3.44. The average molecular weight is 331 g/mol. The molecule has 1 aromatic rings. The Morgan fingerprint density at radius 1 is 1.25 bits per heavy atom. The molecular weight excluding hydrogens is 302 g/mol. The van der Waals surface area contributed by atoms with E-state index in [1.165, 1.54) is 30.4 Å². The number of hydrogen-bond acceptors (Lipinski definition) is 3. The number of anilines is 1. The first kappa shape index (κ1) is 17.3. The van der Waals surface area contributed by atoms with Crippen LogP contribution in [-0.2, 0) is 16.0 Å². The summed E-state index contributed by atoms with van der Waals surface area (Å²) in [5, 5.41) is 0. The highest BCUT2D eigenvalue weighted by Gasteiger charge is 2.29. The van der Waals surface area contributed by atoms with E-state index >= 15 is 0 Å². The fraction of sp³-hybridized carbons (Fsp3) is 0.650. The molecule has 3 rings (SSSR count). The second kappa shape index (κ2) is 7.56. The maximum absolute atomic E-state index is 12.8. The van der Waals surface area contributed by atoms with Crippen molar-refractivity contribution in [3.05, 3.63) is 23.3 Å². The van der Waals surface area contributed by atoms with Crippen molar-refractivity contribution in [1.29, 1.82) is 0 Å². The summed E-state index contributed by atoms with van der Waals surface area (Å²) in [5.74, 6) is 1.39. The molecule has 1 fully saturated rings. The van der Waals surface area contributed by atoms with E-state index in [1.54, 1.807) is 7.11 Å². The van der Waals surface area contributed by atoms with Crippen molar-refractivity contribution in [2.45, 2.75) is 58.5 Å². The van der Waals surface area contributed by atoms with E-state index in [-0.39, 0.29) is 18.6 Å². The first-order valence-corrected chi connectivity index (χ1v) is 9.20. The number of carbonyl (C=O) groups is 1. The molecule has 0 N–H and O–H groups in total. The fourth-order valence-electron chi connectivity index (χ4n) is 4.05. The number of benzene rings is 1. The van der Waals surface area contributed by atoms with Gasteiger partial charge in [-0.2, -0.15) is 0 Å². The molecule has 1 amide bonds. The SMILES string of the molecule is COc1ccc(C)c2c1N(C(=O)CO[C@@H]1CCCC[C@H]1C)CCC2. The van der Waals surface area contributed by atoms with Crippen molar-refractivity contribution in [3.8, 4) is 5.75 Å². The lowest BCUT2D eigenvalue weighted by molar-refractivity contribution is -0.127. The number of fused-ring (bicyclic) bond motifs is 1. The lowest BCUT2D eigenvalue weighted by atomic mass is 9.88. The van der Waals surface area contributed by atoms with E-state index in [2.05, 4.69) is 19.9 Å². The molecule has 0 radical (unpaired) electrons. The molecule has 1 saturated carbocycles. The summed E-state index contributed by atoms with van der Waals surface area (Å²) >= 11 is 0. The largest absolute Gasteiger partial charge is 0.495 e. The lowest BCUT2D eigenvalue weighted by Gasteiger charge is -2.33. The quantitative estimate of drug-likeness (QED) is 0.840. The number of amides is 1. The Morgan fingerprint density at radius 2 is 2.04 bits per heavy atom. The molecule has 1 aliphatic carbocycles. The van der Waals surface area contributed by atoms with Gasteiger partial charge in [0.05, 0.1) is 18.9 Å². The maximum Gasteiger partial charge on any atom is 0.253 e. The summed E-state index contributed by atoms with van der Waals surface area (Å²) < 4.78 is 11.5. The minimum Gasteiger partial charge on any atom is -0.495 e. The van der Waals surface area contributed by atoms with Gasteiger partial charge in [-0.25, -0.2) is 0 Å². The van der Waals surface area contributed by atoms with E-state index in [1.807, 2.05) is 11.0 Å². The van der Waals surface area contributed by atoms with Crippen LogP contribution in [0.4, 0.5) is 5.69 Å². The topological polar surface area (TPSA) is 38.8 Å². The lowest BCUT2D eigenvalue weighted by Crippen LogP contribution is -2.40. The predicted octanol–water partition coefficient (Wildman–Crippen LogP) is 3.88. The molecule has 4 heteroatoms. The zero-order chi connectivity index (χ0) is 17.1. The minimum absolute atomic E-state index is 0.0534. The molecule has 0 bridgehead atoms. The van der Waals surface area contributed by atoms with E-state index in [4.69, 9.17) is 9.47 Å². The van der Waals surface area contributed by atoms with Crippen molar-refractivity contribution in [2.24, 2.45) is 5.92 Å². The molecular formula is C20H29NO3. The highest BCUT2D eigenvalue weighted by Crippen LogP contribution is 2.38. The van der Waals surface area contributed by atoms with Crippen LogP contribution in [0.25, 0.3) is 0 Å². The number of rotatable bonds is 4. The van der Waals surface area contributed by atoms with Gasteiger partial charge in [-0.3, -0.25) is 4.79 Å². The molecule has 1 heterocycles. The van der Waals surface area contributed by atoms with E-state index < -0.39 is 0 Å².